The summed E-state index contributed by atoms with van der Waals surface area (Å²) < 4.78 is 0. The second-order valence-corrected chi connectivity index (χ2v) is 5.95. The van der Waals surface area contributed by atoms with Crippen LogP contribution in [-0.2, 0) is 9.59 Å². The van der Waals surface area contributed by atoms with Crippen molar-refractivity contribution in [2.24, 2.45) is 17.6 Å². The van der Waals surface area contributed by atoms with Gasteiger partial charge in [-0.15, -0.1) is 0 Å². The molecule has 3 N–H and O–H groups in total. The standard InChI is InChI=1S/C14H24N2O3/c1-2-9-5-6-16(12(7-9)14(18)19)13(17)10-3-4-11(15)8-10/h9-12H,2-8,15H2,1H3,(H,18,19). The third-order valence-corrected chi connectivity index (χ3v) is 4.68. The van der Waals surface area contributed by atoms with Crippen molar-refractivity contribution >= 4 is 11.9 Å². The van der Waals surface area contributed by atoms with Crippen LogP contribution in [0.1, 0.15) is 45.4 Å². The highest BCUT2D eigenvalue weighted by atomic mass is 16.4. The third-order valence-electron chi connectivity index (χ3n) is 4.68. The summed E-state index contributed by atoms with van der Waals surface area (Å²) in [7, 11) is 0. The summed E-state index contributed by atoms with van der Waals surface area (Å²) in [6.45, 7) is 2.66. The summed E-state index contributed by atoms with van der Waals surface area (Å²) in [5.74, 6) is -0.491. The summed E-state index contributed by atoms with van der Waals surface area (Å²) in [6, 6.07) is -0.534. The van der Waals surface area contributed by atoms with Crippen molar-refractivity contribution in [1.29, 1.82) is 0 Å². The molecule has 5 heteroatoms. The highest BCUT2D eigenvalue weighted by Crippen LogP contribution is 2.31. The number of nitrogens with zero attached hydrogens (tertiary/aromatic N) is 1. The van der Waals surface area contributed by atoms with Gasteiger partial charge in [0.15, 0.2) is 0 Å². The minimum Gasteiger partial charge on any atom is -0.480 e. The Morgan fingerprint density at radius 1 is 1.26 bits per heavy atom. The molecule has 0 bridgehead atoms. The van der Waals surface area contributed by atoms with Gasteiger partial charge in [0.1, 0.15) is 6.04 Å². The minimum atomic E-state index is -0.867. The zero-order valence-corrected chi connectivity index (χ0v) is 11.5. The Bertz CT molecular complexity index is 359. The Morgan fingerprint density at radius 3 is 2.53 bits per heavy atom. The molecule has 2 fully saturated rings. The van der Waals surface area contributed by atoms with E-state index in [1.807, 2.05) is 0 Å². The summed E-state index contributed by atoms with van der Waals surface area (Å²) in [5.41, 5.74) is 5.84. The molecule has 1 saturated heterocycles. The molecule has 1 heterocycles. The molecule has 1 aliphatic heterocycles. The van der Waals surface area contributed by atoms with Crippen molar-refractivity contribution in [3.05, 3.63) is 0 Å². The average Bonchev–Trinajstić information content (AvgIpc) is 2.83. The van der Waals surface area contributed by atoms with Gasteiger partial charge in [-0.3, -0.25) is 4.79 Å². The number of rotatable bonds is 3. The molecule has 1 amide bonds. The predicted molar refractivity (Wildman–Crippen MR) is 71.5 cm³/mol. The Labute approximate surface area is 114 Å². The molecule has 1 aliphatic carbocycles. The van der Waals surface area contributed by atoms with Crippen LogP contribution in [0.2, 0.25) is 0 Å². The van der Waals surface area contributed by atoms with E-state index in [0.717, 1.165) is 25.7 Å². The molecular weight excluding hydrogens is 244 g/mol. The molecule has 108 valence electrons. The molecule has 0 aromatic rings. The SMILES string of the molecule is CCC1CCN(C(=O)C2CCC(N)C2)C(C(=O)O)C1. The van der Waals surface area contributed by atoms with Crippen LogP contribution in [0.3, 0.4) is 0 Å². The first kappa shape index (κ1) is 14.3. The fourth-order valence-corrected chi connectivity index (χ4v) is 3.38. The third kappa shape index (κ3) is 3.08. The summed E-state index contributed by atoms with van der Waals surface area (Å²) >= 11 is 0. The molecule has 19 heavy (non-hydrogen) atoms. The van der Waals surface area contributed by atoms with Crippen molar-refractivity contribution in [3.63, 3.8) is 0 Å². The number of likely N-dealkylation sites (tertiary alicyclic amines) is 1. The lowest BCUT2D eigenvalue weighted by atomic mass is 9.88. The van der Waals surface area contributed by atoms with Crippen LogP contribution in [0.5, 0.6) is 0 Å². The van der Waals surface area contributed by atoms with Crippen LogP contribution >= 0.6 is 0 Å². The first-order chi connectivity index (χ1) is 9.02. The smallest absolute Gasteiger partial charge is 0.326 e. The maximum atomic E-state index is 12.5. The maximum Gasteiger partial charge on any atom is 0.326 e. The molecule has 0 aromatic heterocycles. The maximum absolute atomic E-state index is 12.5. The first-order valence-corrected chi connectivity index (χ1v) is 7.31. The van der Waals surface area contributed by atoms with E-state index in [1.54, 1.807) is 4.90 Å². The number of amides is 1. The van der Waals surface area contributed by atoms with E-state index in [0.29, 0.717) is 25.3 Å². The molecule has 4 atom stereocenters. The van der Waals surface area contributed by atoms with E-state index in [2.05, 4.69) is 6.92 Å². The van der Waals surface area contributed by atoms with E-state index in [-0.39, 0.29) is 17.9 Å². The second-order valence-electron chi connectivity index (χ2n) is 5.95. The Kier molecular flexibility index (Phi) is 4.45. The molecule has 4 unspecified atom stereocenters. The first-order valence-electron chi connectivity index (χ1n) is 7.31. The van der Waals surface area contributed by atoms with Gasteiger partial charge in [0.2, 0.25) is 5.91 Å². The van der Waals surface area contributed by atoms with Crippen molar-refractivity contribution in [2.45, 2.75) is 57.5 Å². The topological polar surface area (TPSA) is 83.6 Å². The normalized spacial score (nSPS) is 35.4. The molecule has 5 nitrogen and oxygen atoms in total. The molecule has 0 aromatic carbocycles. The van der Waals surface area contributed by atoms with Crippen molar-refractivity contribution in [2.75, 3.05) is 6.54 Å². The second kappa shape index (κ2) is 5.90. The van der Waals surface area contributed by atoms with E-state index >= 15 is 0 Å². The number of carboxylic acids is 1. The lowest BCUT2D eigenvalue weighted by molar-refractivity contribution is -0.155. The van der Waals surface area contributed by atoms with E-state index in [9.17, 15) is 14.7 Å². The highest BCUT2D eigenvalue weighted by molar-refractivity contribution is 5.85. The van der Waals surface area contributed by atoms with Crippen LogP contribution in [0.4, 0.5) is 0 Å². The highest BCUT2D eigenvalue weighted by Gasteiger charge is 2.39. The van der Waals surface area contributed by atoms with Crippen molar-refractivity contribution < 1.29 is 14.7 Å². The van der Waals surface area contributed by atoms with Gasteiger partial charge >= 0.3 is 5.97 Å². The number of piperidine rings is 1. The van der Waals surface area contributed by atoms with Crippen LogP contribution in [0.25, 0.3) is 0 Å². The molecule has 2 rings (SSSR count). The van der Waals surface area contributed by atoms with E-state index in [4.69, 9.17) is 5.73 Å². The average molecular weight is 268 g/mol. The van der Waals surface area contributed by atoms with Crippen molar-refractivity contribution in [1.82, 2.24) is 4.90 Å². The minimum absolute atomic E-state index is 0.00917. The van der Waals surface area contributed by atoms with E-state index < -0.39 is 12.0 Å². The number of carbonyl (C=O) groups is 2. The Balaban J connectivity index is 2.04. The predicted octanol–water partition coefficient (Wildman–Crippen LogP) is 1.22. The summed E-state index contributed by atoms with van der Waals surface area (Å²) in [4.78, 5) is 25.4. The fraction of sp³-hybridized carbons (Fsp3) is 0.857. The summed E-state index contributed by atoms with van der Waals surface area (Å²) in [6.07, 6.45) is 4.89. The number of carboxylic acid groups (broad SMARTS) is 1. The Hall–Kier alpha value is -1.10. The van der Waals surface area contributed by atoms with Gasteiger partial charge in [0.05, 0.1) is 0 Å². The Morgan fingerprint density at radius 2 is 2.00 bits per heavy atom. The molecular formula is C14H24N2O3. The van der Waals surface area contributed by atoms with Crippen LogP contribution < -0.4 is 5.73 Å². The number of hydrogen-bond acceptors (Lipinski definition) is 3. The number of carbonyl (C=O) groups excluding carboxylic acids is 1. The van der Waals surface area contributed by atoms with Gasteiger partial charge in [-0.25, -0.2) is 4.79 Å². The van der Waals surface area contributed by atoms with Crippen LogP contribution in [0.15, 0.2) is 0 Å². The lowest BCUT2D eigenvalue weighted by Crippen LogP contribution is -2.51. The largest absolute Gasteiger partial charge is 0.480 e. The fourth-order valence-electron chi connectivity index (χ4n) is 3.38. The van der Waals surface area contributed by atoms with Gasteiger partial charge in [-0.1, -0.05) is 13.3 Å². The quantitative estimate of drug-likeness (QED) is 0.806. The zero-order chi connectivity index (χ0) is 14.0. The number of hydrogen-bond donors (Lipinski definition) is 2. The van der Waals surface area contributed by atoms with E-state index in [1.165, 1.54) is 0 Å². The van der Waals surface area contributed by atoms with Crippen molar-refractivity contribution in [3.8, 4) is 0 Å². The molecule has 0 spiro atoms. The number of aliphatic carboxylic acids is 1. The summed E-state index contributed by atoms with van der Waals surface area (Å²) in [5, 5.41) is 9.35. The number of nitrogens with two attached hydrogens (primary N) is 1. The van der Waals surface area contributed by atoms with Gasteiger partial charge in [0.25, 0.3) is 0 Å². The zero-order valence-electron chi connectivity index (χ0n) is 11.5. The molecule has 2 aliphatic rings. The van der Waals surface area contributed by atoms with Gasteiger partial charge < -0.3 is 15.7 Å². The molecule has 0 radical (unpaired) electrons. The van der Waals surface area contributed by atoms with Crippen LogP contribution in [0, 0.1) is 11.8 Å². The lowest BCUT2D eigenvalue weighted by Gasteiger charge is -2.38. The van der Waals surface area contributed by atoms with Crippen LogP contribution in [-0.4, -0.2) is 40.5 Å². The van der Waals surface area contributed by atoms with Gasteiger partial charge in [0, 0.05) is 18.5 Å². The molecule has 1 saturated carbocycles. The van der Waals surface area contributed by atoms with Gasteiger partial charge in [-0.05, 0) is 38.0 Å². The van der Waals surface area contributed by atoms with Gasteiger partial charge in [-0.2, -0.15) is 0 Å². The monoisotopic (exact) mass is 268 g/mol.